The number of thiophene rings is 1. The van der Waals surface area contributed by atoms with Gasteiger partial charge in [-0.3, -0.25) is 9.59 Å². The van der Waals surface area contributed by atoms with Crippen LogP contribution < -0.4 is 5.32 Å². The molecule has 0 fully saturated rings. The summed E-state index contributed by atoms with van der Waals surface area (Å²) in [5.74, 6) is -0.0931. The van der Waals surface area contributed by atoms with Gasteiger partial charge in [-0.1, -0.05) is 17.7 Å². The van der Waals surface area contributed by atoms with Gasteiger partial charge < -0.3 is 10.2 Å². The number of benzene rings is 1. The first-order chi connectivity index (χ1) is 10.5. The third-order valence-corrected chi connectivity index (χ3v) is 4.95. The van der Waals surface area contributed by atoms with Crippen LogP contribution in [0, 0.1) is 0 Å². The molecule has 0 spiro atoms. The first-order valence-electron chi connectivity index (χ1n) is 6.97. The highest BCUT2D eigenvalue weighted by atomic mass is 35.5. The van der Waals surface area contributed by atoms with Gasteiger partial charge in [-0.25, -0.2) is 0 Å². The van der Waals surface area contributed by atoms with Gasteiger partial charge in [-0.2, -0.15) is 0 Å². The topological polar surface area (TPSA) is 49.4 Å². The largest absolute Gasteiger partial charge is 0.338 e. The number of anilines is 1. The minimum atomic E-state index is -0.170. The van der Waals surface area contributed by atoms with Crippen molar-refractivity contribution in [3.05, 3.63) is 50.7 Å². The van der Waals surface area contributed by atoms with Crippen LogP contribution in [-0.2, 0) is 17.8 Å². The molecule has 0 atom stereocenters. The number of hydrogen-bond donors (Lipinski definition) is 1. The average molecular weight is 335 g/mol. The van der Waals surface area contributed by atoms with E-state index in [0.717, 1.165) is 24.2 Å². The van der Waals surface area contributed by atoms with Gasteiger partial charge in [0.1, 0.15) is 0 Å². The van der Waals surface area contributed by atoms with Crippen LogP contribution >= 0.6 is 22.9 Å². The third kappa shape index (κ3) is 3.15. The summed E-state index contributed by atoms with van der Waals surface area (Å²) in [6.45, 7) is 2.93. The molecule has 0 saturated heterocycles. The summed E-state index contributed by atoms with van der Waals surface area (Å²) in [6.07, 6.45) is 0.851. The molecule has 1 aliphatic heterocycles. The molecule has 4 nitrogen and oxygen atoms in total. The number of carbonyl (C=O) groups is 2. The van der Waals surface area contributed by atoms with Crippen LogP contribution in [0.25, 0.3) is 0 Å². The number of nitrogens with one attached hydrogen (secondary N) is 1. The van der Waals surface area contributed by atoms with Gasteiger partial charge in [-0.15, -0.1) is 11.3 Å². The number of hydrogen-bond acceptors (Lipinski definition) is 3. The number of halogens is 1. The molecule has 0 bridgehead atoms. The molecule has 1 aromatic carbocycles. The summed E-state index contributed by atoms with van der Waals surface area (Å²) in [5, 5.41) is 2.88. The Morgan fingerprint density at radius 3 is 2.73 bits per heavy atom. The van der Waals surface area contributed by atoms with E-state index in [2.05, 4.69) is 5.32 Å². The van der Waals surface area contributed by atoms with Crippen molar-refractivity contribution in [2.45, 2.75) is 19.9 Å². The smallest absolute Gasteiger partial charge is 0.265 e. The molecule has 22 heavy (non-hydrogen) atoms. The molecule has 1 aliphatic rings. The Morgan fingerprint density at radius 2 is 2.05 bits per heavy atom. The first-order valence-corrected chi connectivity index (χ1v) is 8.16. The Hall–Kier alpha value is -1.85. The number of carbonyl (C=O) groups excluding carboxylic acids is 2. The van der Waals surface area contributed by atoms with Crippen LogP contribution in [-0.4, -0.2) is 23.3 Å². The van der Waals surface area contributed by atoms with Gasteiger partial charge in [0, 0.05) is 25.7 Å². The normalized spacial score (nSPS) is 13.6. The lowest BCUT2D eigenvalue weighted by Gasteiger charge is -2.28. The predicted molar refractivity (Wildman–Crippen MR) is 88.5 cm³/mol. The van der Waals surface area contributed by atoms with E-state index in [1.54, 1.807) is 19.1 Å². The van der Waals surface area contributed by atoms with Gasteiger partial charge >= 0.3 is 0 Å². The van der Waals surface area contributed by atoms with E-state index in [-0.39, 0.29) is 11.8 Å². The van der Waals surface area contributed by atoms with E-state index in [1.807, 2.05) is 23.1 Å². The fourth-order valence-electron chi connectivity index (χ4n) is 2.53. The van der Waals surface area contributed by atoms with E-state index in [0.29, 0.717) is 15.8 Å². The van der Waals surface area contributed by atoms with Crippen LogP contribution in [0.5, 0.6) is 0 Å². The highest BCUT2D eigenvalue weighted by molar-refractivity contribution is 7.18. The molecule has 0 saturated carbocycles. The van der Waals surface area contributed by atoms with Crippen molar-refractivity contribution in [2.24, 2.45) is 0 Å². The lowest BCUT2D eigenvalue weighted by atomic mass is 9.99. The highest BCUT2D eigenvalue weighted by Gasteiger charge is 2.18. The minimum Gasteiger partial charge on any atom is -0.338 e. The molecule has 0 unspecified atom stereocenters. The second-order valence-electron chi connectivity index (χ2n) is 5.23. The fraction of sp³-hybridized carbons (Fsp3) is 0.250. The lowest BCUT2D eigenvalue weighted by Crippen LogP contribution is -2.34. The van der Waals surface area contributed by atoms with Gasteiger partial charge in [0.05, 0.1) is 9.21 Å². The van der Waals surface area contributed by atoms with E-state index >= 15 is 0 Å². The third-order valence-electron chi connectivity index (χ3n) is 3.72. The fourth-order valence-corrected chi connectivity index (χ4v) is 3.47. The zero-order chi connectivity index (χ0) is 15.7. The summed E-state index contributed by atoms with van der Waals surface area (Å²) in [4.78, 5) is 26.0. The van der Waals surface area contributed by atoms with Crippen LogP contribution in [0.1, 0.15) is 27.7 Å². The van der Waals surface area contributed by atoms with Crippen LogP contribution in [0.4, 0.5) is 5.69 Å². The highest BCUT2D eigenvalue weighted by Crippen LogP contribution is 2.25. The first kappa shape index (κ1) is 15.1. The van der Waals surface area contributed by atoms with Crippen molar-refractivity contribution in [3.8, 4) is 0 Å². The van der Waals surface area contributed by atoms with Crippen molar-refractivity contribution in [1.82, 2.24) is 4.90 Å². The Labute approximate surface area is 137 Å². The van der Waals surface area contributed by atoms with Crippen LogP contribution in [0.2, 0.25) is 4.34 Å². The summed E-state index contributed by atoms with van der Waals surface area (Å²) in [5.41, 5.74) is 3.05. The van der Waals surface area contributed by atoms with E-state index < -0.39 is 0 Å². The molecular formula is C16H15ClN2O2S. The maximum absolute atomic E-state index is 12.1. The lowest BCUT2D eigenvalue weighted by molar-refractivity contribution is -0.129. The number of nitrogens with zero attached hydrogens (tertiary/aromatic N) is 1. The summed E-state index contributed by atoms with van der Waals surface area (Å²) in [7, 11) is 0. The zero-order valence-electron chi connectivity index (χ0n) is 12.1. The number of rotatable bonds is 2. The van der Waals surface area contributed by atoms with Crippen molar-refractivity contribution in [2.75, 3.05) is 11.9 Å². The monoisotopic (exact) mass is 334 g/mol. The molecule has 1 N–H and O–H groups in total. The summed E-state index contributed by atoms with van der Waals surface area (Å²) >= 11 is 7.10. The molecule has 2 heterocycles. The van der Waals surface area contributed by atoms with Crippen molar-refractivity contribution in [1.29, 1.82) is 0 Å². The maximum atomic E-state index is 12.1. The molecule has 0 radical (unpaired) electrons. The van der Waals surface area contributed by atoms with Gasteiger partial charge in [-0.05, 0) is 41.8 Å². The second kappa shape index (κ2) is 6.10. The van der Waals surface area contributed by atoms with E-state index in [4.69, 9.17) is 11.6 Å². The van der Waals surface area contributed by atoms with Gasteiger partial charge in [0.2, 0.25) is 5.91 Å². The summed E-state index contributed by atoms with van der Waals surface area (Å²) in [6, 6.07) is 9.27. The molecule has 6 heteroatoms. The molecule has 0 aliphatic carbocycles. The Kier molecular flexibility index (Phi) is 4.18. The predicted octanol–water partition coefficient (Wildman–Crippen LogP) is 3.56. The van der Waals surface area contributed by atoms with Crippen LogP contribution in [0.15, 0.2) is 30.3 Å². The number of amides is 2. The van der Waals surface area contributed by atoms with E-state index in [9.17, 15) is 9.59 Å². The second-order valence-corrected chi connectivity index (χ2v) is 6.95. The van der Waals surface area contributed by atoms with Gasteiger partial charge in [0.25, 0.3) is 5.91 Å². The van der Waals surface area contributed by atoms with Crippen molar-refractivity contribution < 1.29 is 9.59 Å². The molecule has 2 aromatic rings. The molecule has 114 valence electrons. The van der Waals surface area contributed by atoms with Crippen molar-refractivity contribution >= 4 is 40.4 Å². The summed E-state index contributed by atoms with van der Waals surface area (Å²) < 4.78 is 0.590. The average Bonchev–Trinajstić information content (AvgIpc) is 2.93. The Bertz CT molecular complexity index is 741. The van der Waals surface area contributed by atoms with E-state index in [1.165, 1.54) is 16.9 Å². The van der Waals surface area contributed by atoms with Gasteiger partial charge in [0.15, 0.2) is 0 Å². The standard InChI is InChI=1S/C16H15ClN2O2S/c1-10(20)19-7-6-11-2-3-13(8-12(11)9-19)18-16(21)14-4-5-15(17)22-14/h2-5,8H,6-7,9H2,1H3,(H,18,21). The Balaban J connectivity index is 1.77. The van der Waals surface area contributed by atoms with Crippen molar-refractivity contribution in [3.63, 3.8) is 0 Å². The SMILES string of the molecule is CC(=O)N1CCc2ccc(NC(=O)c3ccc(Cl)s3)cc2C1. The zero-order valence-corrected chi connectivity index (χ0v) is 13.6. The molecule has 1 aromatic heterocycles. The molecule has 2 amide bonds. The van der Waals surface area contributed by atoms with Crippen LogP contribution in [0.3, 0.4) is 0 Å². The molecule has 3 rings (SSSR count). The quantitative estimate of drug-likeness (QED) is 0.913. The Morgan fingerprint density at radius 1 is 1.23 bits per heavy atom. The molecular weight excluding hydrogens is 320 g/mol. The maximum Gasteiger partial charge on any atom is 0.265 e. The number of fused-ring (bicyclic) bond motifs is 1. The minimum absolute atomic E-state index is 0.0771.